The van der Waals surface area contributed by atoms with E-state index in [1.54, 1.807) is 0 Å². The highest BCUT2D eigenvalue weighted by Crippen LogP contribution is 2.19. The Hall–Kier alpha value is -0.610. The lowest BCUT2D eigenvalue weighted by atomic mass is 10.0. The maximum absolute atomic E-state index is 11.7. The first kappa shape index (κ1) is 13.5. The lowest BCUT2D eigenvalue weighted by molar-refractivity contribution is -0.124. The molecule has 0 aliphatic carbocycles. The van der Waals surface area contributed by atoms with Gasteiger partial charge in [-0.25, -0.2) is 0 Å². The van der Waals surface area contributed by atoms with Crippen molar-refractivity contribution >= 4 is 5.91 Å². The van der Waals surface area contributed by atoms with Crippen molar-refractivity contribution in [2.24, 2.45) is 11.8 Å². The first-order valence-corrected chi connectivity index (χ1v) is 6.25. The molecule has 1 rings (SSSR count). The number of carbonyl (C=O) groups is 1. The molecule has 0 aromatic carbocycles. The third-order valence-electron chi connectivity index (χ3n) is 3.22. The molecule has 1 fully saturated rings. The minimum absolute atomic E-state index is 0.0394. The van der Waals surface area contributed by atoms with E-state index in [2.05, 4.69) is 17.6 Å². The molecule has 3 unspecified atom stereocenters. The van der Waals surface area contributed by atoms with E-state index in [4.69, 9.17) is 4.74 Å². The molecule has 0 saturated carbocycles. The molecule has 94 valence electrons. The number of nitrogens with one attached hydrogen (secondary N) is 2. The Labute approximate surface area is 98.1 Å². The van der Waals surface area contributed by atoms with Gasteiger partial charge in [0.25, 0.3) is 0 Å². The van der Waals surface area contributed by atoms with Gasteiger partial charge in [-0.15, -0.1) is 0 Å². The third-order valence-corrected chi connectivity index (χ3v) is 3.22. The van der Waals surface area contributed by atoms with Crippen LogP contribution in [-0.4, -0.2) is 38.3 Å². The van der Waals surface area contributed by atoms with Gasteiger partial charge in [0.15, 0.2) is 0 Å². The molecule has 1 amide bonds. The summed E-state index contributed by atoms with van der Waals surface area (Å²) in [6.45, 7) is 9.30. The molecular weight excluding hydrogens is 204 g/mol. The minimum Gasteiger partial charge on any atom is -0.378 e. The second-order valence-electron chi connectivity index (χ2n) is 4.58. The standard InChI is InChI=1S/C12H24N2O2/c1-4-13-7-9(2)12(15)14-8-11-5-6-16-10(11)3/h9-11,13H,4-8H2,1-3H3,(H,14,15). The van der Waals surface area contributed by atoms with Gasteiger partial charge in [-0.3, -0.25) is 4.79 Å². The Morgan fingerprint density at radius 3 is 2.88 bits per heavy atom. The SMILES string of the molecule is CCNCC(C)C(=O)NCC1CCOC1C. The van der Waals surface area contributed by atoms with Crippen LogP contribution in [0.25, 0.3) is 0 Å². The molecule has 1 aliphatic heterocycles. The predicted molar refractivity (Wildman–Crippen MR) is 64.2 cm³/mol. The van der Waals surface area contributed by atoms with Crippen LogP contribution in [0.5, 0.6) is 0 Å². The Kier molecular flexibility index (Phi) is 5.77. The van der Waals surface area contributed by atoms with Crippen molar-refractivity contribution in [2.75, 3.05) is 26.2 Å². The van der Waals surface area contributed by atoms with Crippen molar-refractivity contribution in [3.63, 3.8) is 0 Å². The van der Waals surface area contributed by atoms with Gasteiger partial charge in [0.2, 0.25) is 5.91 Å². The first-order chi connectivity index (χ1) is 7.65. The van der Waals surface area contributed by atoms with E-state index in [0.29, 0.717) is 5.92 Å². The summed E-state index contributed by atoms with van der Waals surface area (Å²) in [5.74, 6) is 0.660. The van der Waals surface area contributed by atoms with Gasteiger partial charge in [-0.1, -0.05) is 13.8 Å². The van der Waals surface area contributed by atoms with E-state index in [-0.39, 0.29) is 17.9 Å². The summed E-state index contributed by atoms with van der Waals surface area (Å²) in [6.07, 6.45) is 1.34. The van der Waals surface area contributed by atoms with Gasteiger partial charge >= 0.3 is 0 Å². The van der Waals surface area contributed by atoms with E-state index >= 15 is 0 Å². The first-order valence-electron chi connectivity index (χ1n) is 6.25. The van der Waals surface area contributed by atoms with Gasteiger partial charge in [-0.2, -0.15) is 0 Å². The van der Waals surface area contributed by atoms with Crippen LogP contribution in [0.4, 0.5) is 0 Å². The molecule has 1 heterocycles. The van der Waals surface area contributed by atoms with E-state index in [0.717, 1.165) is 32.7 Å². The molecular formula is C12H24N2O2. The number of ether oxygens (including phenoxy) is 1. The van der Waals surface area contributed by atoms with Gasteiger partial charge in [0.1, 0.15) is 0 Å². The minimum atomic E-state index is 0.0394. The van der Waals surface area contributed by atoms with Crippen LogP contribution in [-0.2, 0) is 9.53 Å². The molecule has 0 aromatic rings. The number of rotatable bonds is 6. The second kappa shape index (κ2) is 6.86. The van der Waals surface area contributed by atoms with E-state index < -0.39 is 0 Å². The highest BCUT2D eigenvalue weighted by molar-refractivity contribution is 5.78. The van der Waals surface area contributed by atoms with Gasteiger partial charge in [0, 0.05) is 31.5 Å². The van der Waals surface area contributed by atoms with Gasteiger partial charge < -0.3 is 15.4 Å². The average molecular weight is 228 g/mol. The molecule has 0 radical (unpaired) electrons. The Morgan fingerprint density at radius 1 is 1.56 bits per heavy atom. The average Bonchev–Trinajstić information content (AvgIpc) is 2.68. The van der Waals surface area contributed by atoms with Crippen LogP contribution in [0.15, 0.2) is 0 Å². The van der Waals surface area contributed by atoms with Gasteiger partial charge in [-0.05, 0) is 19.9 Å². The molecule has 4 heteroatoms. The molecule has 0 spiro atoms. The highest BCUT2D eigenvalue weighted by atomic mass is 16.5. The zero-order chi connectivity index (χ0) is 12.0. The number of hydrogen-bond acceptors (Lipinski definition) is 3. The highest BCUT2D eigenvalue weighted by Gasteiger charge is 2.25. The predicted octanol–water partition coefficient (Wildman–Crippen LogP) is 0.773. The third kappa shape index (κ3) is 4.10. The fourth-order valence-corrected chi connectivity index (χ4v) is 1.90. The fraction of sp³-hybridized carbons (Fsp3) is 0.917. The molecule has 1 aliphatic rings. The van der Waals surface area contributed by atoms with E-state index in [1.165, 1.54) is 0 Å². The normalized spacial score (nSPS) is 26.7. The van der Waals surface area contributed by atoms with Crippen LogP contribution in [0.3, 0.4) is 0 Å². The van der Waals surface area contributed by atoms with Crippen LogP contribution >= 0.6 is 0 Å². The number of amides is 1. The molecule has 3 atom stereocenters. The summed E-state index contributed by atoms with van der Waals surface area (Å²) in [7, 11) is 0. The van der Waals surface area contributed by atoms with Crippen molar-refractivity contribution in [1.82, 2.24) is 10.6 Å². The summed E-state index contributed by atoms with van der Waals surface area (Å²) >= 11 is 0. The quantitative estimate of drug-likeness (QED) is 0.706. The van der Waals surface area contributed by atoms with Crippen molar-refractivity contribution in [3.05, 3.63) is 0 Å². The maximum atomic E-state index is 11.7. The van der Waals surface area contributed by atoms with E-state index in [9.17, 15) is 4.79 Å². The Bertz CT molecular complexity index is 221. The van der Waals surface area contributed by atoms with Gasteiger partial charge in [0.05, 0.1) is 6.10 Å². The van der Waals surface area contributed by atoms with Crippen LogP contribution < -0.4 is 10.6 Å². The second-order valence-corrected chi connectivity index (χ2v) is 4.58. The summed E-state index contributed by atoms with van der Waals surface area (Å²) in [6, 6.07) is 0. The summed E-state index contributed by atoms with van der Waals surface area (Å²) in [4.78, 5) is 11.7. The smallest absolute Gasteiger partial charge is 0.224 e. The molecule has 4 nitrogen and oxygen atoms in total. The molecule has 16 heavy (non-hydrogen) atoms. The zero-order valence-electron chi connectivity index (χ0n) is 10.6. The number of carbonyl (C=O) groups excluding carboxylic acids is 1. The van der Waals surface area contributed by atoms with Crippen LogP contribution in [0.1, 0.15) is 27.2 Å². The lowest BCUT2D eigenvalue weighted by Gasteiger charge is -2.17. The summed E-state index contributed by atoms with van der Waals surface area (Å²) < 4.78 is 5.46. The van der Waals surface area contributed by atoms with E-state index in [1.807, 2.05) is 13.8 Å². The maximum Gasteiger partial charge on any atom is 0.224 e. The monoisotopic (exact) mass is 228 g/mol. The van der Waals surface area contributed by atoms with Crippen molar-refractivity contribution in [3.8, 4) is 0 Å². The lowest BCUT2D eigenvalue weighted by Crippen LogP contribution is -2.38. The zero-order valence-corrected chi connectivity index (χ0v) is 10.6. The Balaban J connectivity index is 2.18. The molecule has 1 saturated heterocycles. The van der Waals surface area contributed by atoms with Crippen molar-refractivity contribution in [1.29, 1.82) is 0 Å². The van der Waals surface area contributed by atoms with Crippen molar-refractivity contribution < 1.29 is 9.53 Å². The Morgan fingerprint density at radius 2 is 2.31 bits per heavy atom. The van der Waals surface area contributed by atoms with Crippen LogP contribution in [0, 0.1) is 11.8 Å². The largest absolute Gasteiger partial charge is 0.378 e. The topological polar surface area (TPSA) is 50.4 Å². The molecule has 2 N–H and O–H groups in total. The fourth-order valence-electron chi connectivity index (χ4n) is 1.90. The molecule has 0 bridgehead atoms. The molecule has 0 aromatic heterocycles. The summed E-state index contributed by atoms with van der Waals surface area (Å²) in [5, 5.41) is 6.18. The number of hydrogen-bond donors (Lipinski definition) is 2. The summed E-state index contributed by atoms with van der Waals surface area (Å²) in [5.41, 5.74) is 0. The van der Waals surface area contributed by atoms with Crippen LogP contribution in [0.2, 0.25) is 0 Å². The van der Waals surface area contributed by atoms with Crippen molar-refractivity contribution in [2.45, 2.75) is 33.3 Å².